The zero-order chi connectivity index (χ0) is 12.1. The highest BCUT2D eigenvalue weighted by atomic mass is 79.9. The van der Waals surface area contributed by atoms with Crippen LogP contribution in [0.5, 0.6) is 0 Å². The van der Waals surface area contributed by atoms with E-state index >= 15 is 0 Å². The summed E-state index contributed by atoms with van der Waals surface area (Å²) >= 11 is 3.38. The van der Waals surface area contributed by atoms with E-state index in [9.17, 15) is 5.11 Å². The fourth-order valence-electron chi connectivity index (χ4n) is 1.13. The van der Waals surface area contributed by atoms with E-state index in [1.807, 2.05) is 0 Å². The van der Waals surface area contributed by atoms with Crippen LogP contribution in [-0.4, -0.2) is 27.6 Å². The normalized spacial score (nSPS) is 11.5. The highest BCUT2D eigenvalue weighted by Crippen LogP contribution is 2.08. The van der Waals surface area contributed by atoms with Gasteiger partial charge < -0.3 is 10.2 Å². The molecular weight excluding hydrogens is 260 g/mol. The van der Waals surface area contributed by atoms with Gasteiger partial charge in [-0.3, -0.25) is 4.79 Å². The molecule has 0 aliphatic rings. The number of hydrogen-bond donors (Lipinski definition) is 2. The molecule has 2 N–H and O–H groups in total. The molecule has 0 amide bonds. The molecule has 0 aliphatic heterocycles. The number of unbranched alkanes of at least 4 members (excludes halogenated alkanes) is 2. The minimum absolute atomic E-state index is 0.0460. The molecule has 0 saturated carbocycles. The van der Waals surface area contributed by atoms with Gasteiger partial charge in [0.25, 0.3) is 5.97 Å². The van der Waals surface area contributed by atoms with Crippen molar-refractivity contribution in [3.05, 3.63) is 0 Å². The molecule has 1 unspecified atom stereocenters. The number of halogens is 1. The minimum atomic E-state index is -0.833. The number of aliphatic hydroxyl groups excluding tert-OH is 1. The molecule has 0 spiro atoms. The van der Waals surface area contributed by atoms with Crippen molar-refractivity contribution >= 4 is 21.9 Å². The van der Waals surface area contributed by atoms with Gasteiger partial charge >= 0.3 is 0 Å². The van der Waals surface area contributed by atoms with Crippen molar-refractivity contribution in [1.29, 1.82) is 0 Å². The van der Waals surface area contributed by atoms with E-state index in [4.69, 9.17) is 9.90 Å². The Hall–Kier alpha value is -0.0900. The van der Waals surface area contributed by atoms with E-state index < -0.39 is 5.97 Å². The van der Waals surface area contributed by atoms with Gasteiger partial charge in [0, 0.05) is 12.3 Å². The van der Waals surface area contributed by atoms with Gasteiger partial charge in [0.05, 0.1) is 6.10 Å². The zero-order valence-electron chi connectivity index (χ0n) is 9.71. The molecular formula is C11H23BrO3. The third kappa shape index (κ3) is 24.9. The Labute approximate surface area is 101 Å². The summed E-state index contributed by atoms with van der Waals surface area (Å²) < 4.78 is 0. The largest absolute Gasteiger partial charge is 0.481 e. The number of carboxylic acid groups (broad SMARTS) is 1. The van der Waals surface area contributed by atoms with Crippen LogP contribution < -0.4 is 0 Å². The van der Waals surface area contributed by atoms with E-state index in [1.165, 1.54) is 19.3 Å². The predicted octanol–water partition coefficient (Wildman–Crippen LogP) is 3.19. The number of carboxylic acids is 1. The molecule has 3 nitrogen and oxygen atoms in total. The Balaban J connectivity index is 0. The molecule has 0 heterocycles. The fourth-order valence-corrected chi connectivity index (χ4v) is 1.53. The van der Waals surface area contributed by atoms with Crippen LogP contribution in [-0.2, 0) is 4.79 Å². The lowest BCUT2D eigenvalue weighted by atomic mass is 10.1. The van der Waals surface area contributed by atoms with Crippen LogP contribution in [0.3, 0.4) is 0 Å². The molecule has 0 bridgehead atoms. The summed E-state index contributed by atoms with van der Waals surface area (Å²) in [5.41, 5.74) is 0. The molecule has 1 atom stereocenters. The van der Waals surface area contributed by atoms with E-state index in [-0.39, 0.29) is 6.10 Å². The third-order valence-electron chi connectivity index (χ3n) is 1.79. The fraction of sp³-hybridized carbons (Fsp3) is 0.909. The van der Waals surface area contributed by atoms with E-state index in [1.54, 1.807) is 0 Å². The first-order valence-corrected chi connectivity index (χ1v) is 6.60. The van der Waals surface area contributed by atoms with Crippen LogP contribution in [0.15, 0.2) is 0 Å². The zero-order valence-corrected chi connectivity index (χ0v) is 11.3. The molecule has 0 rings (SSSR count). The molecule has 0 aromatic carbocycles. The van der Waals surface area contributed by atoms with Crippen LogP contribution in [0.1, 0.15) is 52.4 Å². The van der Waals surface area contributed by atoms with E-state index in [0.29, 0.717) is 0 Å². The highest BCUT2D eigenvalue weighted by molar-refractivity contribution is 9.09. The molecule has 0 aromatic heterocycles. The summed E-state index contributed by atoms with van der Waals surface area (Å²) in [5, 5.41) is 17.8. The molecule has 4 heteroatoms. The number of hydrogen-bond acceptors (Lipinski definition) is 2. The van der Waals surface area contributed by atoms with Gasteiger partial charge in [-0.2, -0.15) is 0 Å². The van der Waals surface area contributed by atoms with Crippen molar-refractivity contribution in [1.82, 2.24) is 0 Å². The first-order chi connectivity index (χ1) is 7.04. The number of carbonyl (C=O) groups is 1. The summed E-state index contributed by atoms with van der Waals surface area (Å²) in [4.78, 5) is 9.00. The van der Waals surface area contributed by atoms with E-state index in [0.717, 1.165) is 31.5 Å². The predicted molar refractivity (Wildman–Crippen MR) is 66.5 cm³/mol. The average molecular weight is 283 g/mol. The standard InChI is InChI=1S/C9H19BrO.C2H4O2/c1-2-6-9(11)7-4-3-5-8-10;1-2(3)4/h9,11H,2-8H2,1H3;1H3,(H,3,4). The maximum Gasteiger partial charge on any atom is 0.300 e. The average Bonchev–Trinajstić information content (AvgIpc) is 2.12. The Morgan fingerprint density at radius 1 is 1.27 bits per heavy atom. The Morgan fingerprint density at radius 3 is 2.20 bits per heavy atom. The lowest BCUT2D eigenvalue weighted by Gasteiger charge is -2.07. The van der Waals surface area contributed by atoms with Crippen molar-refractivity contribution in [3.8, 4) is 0 Å². The quantitative estimate of drug-likeness (QED) is 0.557. The SMILES string of the molecule is CC(=O)O.CCCC(O)CCCCCBr. The maximum absolute atomic E-state index is 9.34. The Kier molecular flexibility index (Phi) is 16.1. The summed E-state index contributed by atoms with van der Waals surface area (Å²) in [5.74, 6) is -0.833. The van der Waals surface area contributed by atoms with Crippen LogP contribution >= 0.6 is 15.9 Å². The second-order valence-corrected chi connectivity index (χ2v) is 4.29. The van der Waals surface area contributed by atoms with Crippen molar-refractivity contribution in [2.24, 2.45) is 0 Å². The van der Waals surface area contributed by atoms with Crippen molar-refractivity contribution in [3.63, 3.8) is 0 Å². The van der Waals surface area contributed by atoms with Crippen LogP contribution in [0.4, 0.5) is 0 Å². The van der Waals surface area contributed by atoms with Gasteiger partial charge in [-0.25, -0.2) is 0 Å². The maximum atomic E-state index is 9.34. The molecule has 0 saturated heterocycles. The molecule has 0 aliphatic carbocycles. The monoisotopic (exact) mass is 282 g/mol. The van der Waals surface area contributed by atoms with Crippen molar-refractivity contribution in [2.75, 3.05) is 5.33 Å². The minimum Gasteiger partial charge on any atom is -0.481 e. The molecule has 92 valence electrons. The molecule has 0 fully saturated rings. The van der Waals surface area contributed by atoms with Gasteiger partial charge in [-0.1, -0.05) is 42.1 Å². The van der Waals surface area contributed by atoms with Crippen LogP contribution in [0.2, 0.25) is 0 Å². The molecule has 15 heavy (non-hydrogen) atoms. The smallest absolute Gasteiger partial charge is 0.300 e. The first kappa shape index (κ1) is 17.3. The second kappa shape index (κ2) is 13.9. The highest BCUT2D eigenvalue weighted by Gasteiger charge is 2.00. The van der Waals surface area contributed by atoms with Gasteiger partial charge in [0.15, 0.2) is 0 Å². The lowest BCUT2D eigenvalue weighted by molar-refractivity contribution is -0.134. The molecule has 0 radical (unpaired) electrons. The van der Waals surface area contributed by atoms with Crippen molar-refractivity contribution < 1.29 is 15.0 Å². The Bertz CT molecular complexity index is 136. The summed E-state index contributed by atoms with van der Waals surface area (Å²) in [7, 11) is 0. The topological polar surface area (TPSA) is 57.5 Å². The molecule has 0 aromatic rings. The Morgan fingerprint density at radius 2 is 1.80 bits per heavy atom. The summed E-state index contributed by atoms with van der Waals surface area (Å²) in [6.07, 6.45) is 6.65. The van der Waals surface area contributed by atoms with Gasteiger partial charge in [-0.05, 0) is 19.3 Å². The van der Waals surface area contributed by atoms with Crippen LogP contribution in [0.25, 0.3) is 0 Å². The number of aliphatic hydroxyl groups is 1. The van der Waals surface area contributed by atoms with Crippen LogP contribution in [0, 0.1) is 0 Å². The third-order valence-corrected chi connectivity index (χ3v) is 2.35. The van der Waals surface area contributed by atoms with Crippen molar-refractivity contribution in [2.45, 2.75) is 58.5 Å². The van der Waals surface area contributed by atoms with Gasteiger partial charge in [-0.15, -0.1) is 0 Å². The lowest BCUT2D eigenvalue weighted by Crippen LogP contribution is -2.04. The van der Waals surface area contributed by atoms with Gasteiger partial charge in [0.1, 0.15) is 0 Å². The van der Waals surface area contributed by atoms with Gasteiger partial charge in [0.2, 0.25) is 0 Å². The second-order valence-electron chi connectivity index (χ2n) is 3.50. The summed E-state index contributed by atoms with van der Waals surface area (Å²) in [6.45, 7) is 3.20. The first-order valence-electron chi connectivity index (χ1n) is 5.48. The number of alkyl halides is 1. The number of aliphatic carboxylic acids is 1. The van der Waals surface area contributed by atoms with E-state index in [2.05, 4.69) is 22.9 Å². The summed E-state index contributed by atoms with van der Waals surface area (Å²) in [6, 6.07) is 0. The number of rotatable bonds is 7.